The molecule has 8 rings (SSSR count). The average molecular weight is 1470 g/mol. The highest BCUT2D eigenvalue weighted by atomic mass is 35.6. The van der Waals surface area contributed by atoms with E-state index < -0.39 is 165 Å². The van der Waals surface area contributed by atoms with Gasteiger partial charge in [-0.15, -0.1) is 0 Å². The number of benzene rings is 5. The van der Waals surface area contributed by atoms with E-state index in [-0.39, 0.29) is 39.6 Å². The number of ether oxygens (including phenoxy) is 16. The Kier molecular flexibility index (Phi) is 30.2. The van der Waals surface area contributed by atoms with Gasteiger partial charge in [0.25, 0.3) is 15.5 Å². The fraction of sp³-hybridized carbons (Fsp3) is 0.500. The minimum absolute atomic E-state index is 0.00125. The number of amides is 1. The number of methoxy groups -OCH3 is 1. The van der Waals surface area contributed by atoms with E-state index in [1.54, 1.807) is 30.3 Å². The van der Waals surface area contributed by atoms with E-state index in [2.05, 4.69) is 25.0 Å². The first kappa shape index (κ1) is 79.2. The third kappa shape index (κ3) is 23.8. The first-order chi connectivity index (χ1) is 47.8. The molecule has 16 atom stereocenters. The van der Waals surface area contributed by atoms with Crippen molar-refractivity contribution >= 4 is 78.6 Å². The smallest absolute Gasteiger partial charge is 0.366 e. The van der Waals surface area contributed by atoms with Crippen LogP contribution in [0.4, 0.5) is 0 Å². The lowest BCUT2D eigenvalue weighted by Crippen LogP contribution is -2.72. The van der Waals surface area contributed by atoms with Gasteiger partial charge in [-0.1, -0.05) is 206 Å². The number of aliphatic hydroxyl groups is 1. The number of alkyl halides is 3. The van der Waals surface area contributed by atoms with Crippen LogP contribution in [0.3, 0.4) is 0 Å². The summed E-state index contributed by atoms with van der Waals surface area (Å²) in [5.41, 5.74) is 3.80. The van der Waals surface area contributed by atoms with Crippen molar-refractivity contribution in [3.8, 4) is 0 Å². The van der Waals surface area contributed by atoms with Crippen LogP contribution in [0, 0.1) is 0 Å². The van der Waals surface area contributed by atoms with Crippen LogP contribution in [-0.2, 0) is 138 Å². The number of hydrogen-bond acceptors (Lipinski definition) is 23. The van der Waals surface area contributed by atoms with Gasteiger partial charge < -0.3 is 86.2 Å². The zero-order chi connectivity index (χ0) is 72.0. The van der Waals surface area contributed by atoms with E-state index in [1.165, 1.54) is 0 Å². The molecule has 0 bridgehead atoms. The standard InChI is InChI=1S/C72H88Cl3NO23Si/c1-45(77)88-44-57(93-47(3)79)60(94-48(4)80)62-58(76-69(82)72(73,74)75)54(92-46(2)78)36-71(98-62,70(83)84-5)99-63-59(81)55(42-85-37-49-24-14-9-15-25-49)95-68(65(63)90-40-52-30-20-12-21-31-52)97-61-56(43-86-38-50-26-16-10-17-27-50)96-67(87-34-35-100(6,7)8)66(91-41-53-32-22-13-23-33-53)64(61)89-39-51-28-18-11-19-29-51/h9-33,54-68,81H,34-44H2,1-8H3,(H,76,82)/t54-,55+,56+,57+,58+,59-,60+,61+,62+,63-,64-,65+,66+,67+,68-,71-/m0/s1. The highest BCUT2D eigenvalue weighted by Crippen LogP contribution is 2.43. The van der Waals surface area contributed by atoms with Crippen LogP contribution >= 0.6 is 34.8 Å². The molecule has 3 aliphatic heterocycles. The maximum Gasteiger partial charge on any atom is 0.366 e. The summed E-state index contributed by atoms with van der Waals surface area (Å²) in [5, 5.41) is 15.8. The van der Waals surface area contributed by atoms with E-state index in [1.807, 2.05) is 121 Å². The van der Waals surface area contributed by atoms with Crippen molar-refractivity contribution in [2.45, 2.75) is 194 Å². The molecule has 0 spiro atoms. The summed E-state index contributed by atoms with van der Waals surface area (Å²) in [6.07, 6.45) is -23.4. The summed E-state index contributed by atoms with van der Waals surface area (Å²) < 4.78 is 102. The molecule has 0 saturated carbocycles. The fourth-order valence-electron chi connectivity index (χ4n) is 11.5. The summed E-state index contributed by atoms with van der Waals surface area (Å²) in [4.78, 5) is 81.8. The van der Waals surface area contributed by atoms with E-state index >= 15 is 4.79 Å². The second-order valence-corrected chi connectivity index (χ2v) is 33.3. The lowest BCUT2D eigenvalue weighted by molar-refractivity contribution is -0.395. The molecule has 3 aliphatic rings. The van der Waals surface area contributed by atoms with Gasteiger partial charge in [0.1, 0.15) is 67.6 Å². The van der Waals surface area contributed by atoms with Crippen LogP contribution in [0.15, 0.2) is 152 Å². The summed E-state index contributed by atoms with van der Waals surface area (Å²) in [6.45, 7) is 9.56. The number of halogens is 3. The molecule has 0 aromatic heterocycles. The lowest BCUT2D eigenvalue weighted by atomic mass is 9.87. The molecule has 0 radical (unpaired) electrons. The van der Waals surface area contributed by atoms with Crippen molar-refractivity contribution in [3.05, 3.63) is 179 Å². The first-order valence-electron chi connectivity index (χ1n) is 32.7. The van der Waals surface area contributed by atoms with E-state index in [0.717, 1.165) is 63.1 Å². The number of rotatable bonds is 34. The Labute approximate surface area is 597 Å². The number of carbonyl (C=O) groups is 6. The Bertz CT molecular complexity index is 3360. The molecule has 544 valence electrons. The molecule has 3 fully saturated rings. The molecule has 100 heavy (non-hydrogen) atoms. The Morgan fingerprint density at radius 1 is 0.580 bits per heavy atom. The largest absolute Gasteiger partial charge is 0.465 e. The Hall–Kier alpha value is -6.47. The van der Waals surface area contributed by atoms with Gasteiger partial charge >= 0.3 is 29.8 Å². The van der Waals surface area contributed by atoms with Crippen molar-refractivity contribution < 1.29 is 110 Å². The molecule has 24 nitrogen and oxygen atoms in total. The number of nitrogens with one attached hydrogen (secondary N) is 1. The van der Waals surface area contributed by atoms with Gasteiger partial charge in [0, 0.05) is 42.4 Å². The molecular formula is C72H88Cl3NO23Si. The van der Waals surface area contributed by atoms with Crippen molar-refractivity contribution in [1.29, 1.82) is 0 Å². The van der Waals surface area contributed by atoms with Crippen molar-refractivity contribution in [1.82, 2.24) is 5.32 Å². The zero-order valence-electron chi connectivity index (χ0n) is 56.9. The normalized spacial score (nSPS) is 26.1. The van der Waals surface area contributed by atoms with Crippen LogP contribution in [0.25, 0.3) is 0 Å². The third-order valence-corrected chi connectivity index (χ3v) is 18.5. The highest BCUT2D eigenvalue weighted by molar-refractivity contribution is 6.76. The predicted molar refractivity (Wildman–Crippen MR) is 364 cm³/mol. The van der Waals surface area contributed by atoms with Gasteiger partial charge in [0.2, 0.25) is 0 Å². The van der Waals surface area contributed by atoms with E-state index in [4.69, 9.17) is 111 Å². The molecule has 2 N–H and O–H groups in total. The van der Waals surface area contributed by atoms with Crippen LogP contribution < -0.4 is 5.32 Å². The van der Waals surface area contributed by atoms with Gasteiger partial charge in [-0.25, -0.2) is 4.79 Å². The fourth-order valence-corrected chi connectivity index (χ4v) is 12.4. The molecule has 5 aromatic rings. The van der Waals surface area contributed by atoms with Gasteiger partial charge in [-0.05, 0) is 33.9 Å². The second kappa shape index (κ2) is 38.2. The molecule has 3 heterocycles. The number of aliphatic hydroxyl groups excluding tert-OH is 1. The lowest BCUT2D eigenvalue weighted by Gasteiger charge is -2.52. The van der Waals surface area contributed by atoms with E-state index in [9.17, 15) is 29.1 Å². The molecule has 3 saturated heterocycles. The molecular weight excluding hydrogens is 1380 g/mol. The molecule has 1 amide bonds. The van der Waals surface area contributed by atoms with Crippen LogP contribution in [0.5, 0.6) is 0 Å². The monoisotopic (exact) mass is 1470 g/mol. The van der Waals surface area contributed by atoms with Crippen LogP contribution in [0.2, 0.25) is 25.7 Å². The summed E-state index contributed by atoms with van der Waals surface area (Å²) in [5.74, 6) is -9.74. The maximum absolute atomic E-state index is 15.4. The minimum atomic E-state index is -3.02. The topological polar surface area (TPSA) is 282 Å². The summed E-state index contributed by atoms with van der Waals surface area (Å²) >= 11 is 18.5. The molecule has 5 aromatic carbocycles. The Morgan fingerprint density at radius 3 is 1.49 bits per heavy atom. The van der Waals surface area contributed by atoms with Crippen molar-refractivity contribution in [3.63, 3.8) is 0 Å². The predicted octanol–water partition coefficient (Wildman–Crippen LogP) is 8.98. The Balaban J connectivity index is 1.33. The number of carbonyl (C=O) groups excluding carboxylic acids is 6. The third-order valence-electron chi connectivity index (χ3n) is 16.3. The quantitative estimate of drug-likeness (QED) is 0.0168. The minimum Gasteiger partial charge on any atom is -0.465 e. The highest BCUT2D eigenvalue weighted by Gasteiger charge is 2.63. The van der Waals surface area contributed by atoms with Crippen LogP contribution in [-0.4, -0.2) is 184 Å². The van der Waals surface area contributed by atoms with E-state index in [0.29, 0.717) is 12.2 Å². The maximum atomic E-state index is 15.4. The Morgan fingerprint density at radius 2 is 1.04 bits per heavy atom. The van der Waals surface area contributed by atoms with Gasteiger partial charge in [0.15, 0.2) is 24.8 Å². The zero-order valence-corrected chi connectivity index (χ0v) is 60.2. The summed E-state index contributed by atoms with van der Waals surface area (Å²) in [6, 6.07) is 45.4. The number of hydrogen-bond donors (Lipinski definition) is 2. The number of esters is 5. The van der Waals surface area contributed by atoms with Gasteiger partial charge in [-0.3, -0.25) is 24.0 Å². The first-order valence-corrected chi connectivity index (χ1v) is 37.6. The molecule has 0 aliphatic carbocycles. The van der Waals surface area contributed by atoms with Crippen LogP contribution in [0.1, 0.15) is 61.9 Å². The second-order valence-electron chi connectivity index (χ2n) is 25.4. The van der Waals surface area contributed by atoms with Gasteiger partial charge in [-0.2, -0.15) is 0 Å². The van der Waals surface area contributed by atoms with Gasteiger partial charge in [0.05, 0.1) is 65.8 Å². The average Bonchev–Trinajstić information content (AvgIpc) is 0.756. The summed E-state index contributed by atoms with van der Waals surface area (Å²) in [7, 11) is -0.758. The molecule has 28 heteroatoms. The van der Waals surface area contributed by atoms with Crippen molar-refractivity contribution in [2.75, 3.05) is 33.5 Å². The molecule has 0 unspecified atom stereocenters. The van der Waals surface area contributed by atoms with Crippen molar-refractivity contribution in [2.24, 2.45) is 0 Å². The SMILES string of the molecule is COC(=O)[C@@]1(O[C@H]2[C@@H](O)[C@@H](COCc3ccccc3)O[C@@H](O[C@H]3[C@H](OCc4ccccc4)[C@@H](OCc4ccccc4)[C@H](OCC[Si](C)(C)C)O[C@@H]3COCc3ccccc3)[C@@H]2OCc2ccccc2)C[C@H](OC(C)=O)[C@@H](NC(=O)C(Cl)(Cl)Cl)[C@H]([C@H](OC(C)=O)[C@@H](COC(C)=O)OC(C)=O)O1.